The van der Waals surface area contributed by atoms with Gasteiger partial charge in [0.25, 0.3) is 0 Å². The molecule has 2 aromatic carbocycles. The van der Waals surface area contributed by atoms with Crippen LogP contribution in [-0.2, 0) is 0 Å². The van der Waals surface area contributed by atoms with E-state index in [4.69, 9.17) is 9.47 Å². The molecule has 2 aromatic rings. The van der Waals surface area contributed by atoms with Crippen molar-refractivity contribution in [2.24, 2.45) is 10.2 Å². The first-order valence-corrected chi connectivity index (χ1v) is 7.24. The average molecular weight is 345 g/mol. The summed E-state index contributed by atoms with van der Waals surface area (Å²) < 4.78 is 12.0. The van der Waals surface area contributed by atoms with Crippen LogP contribution in [0.1, 0.15) is 5.56 Å². The minimum atomic E-state index is 0.559. The van der Waals surface area contributed by atoms with E-state index in [0.29, 0.717) is 12.4 Å². The fraction of sp³-hybridized carbons (Fsp3) is 0.125. The van der Waals surface area contributed by atoms with Gasteiger partial charge in [-0.05, 0) is 36.4 Å². The molecule has 1 aliphatic rings. The third kappa shape index (κ3) is 3.13. The number of ether oxygens (including phenoxy) is 2. The number of rotatable bonds is 3. The summed E-state index contributed by atoms with van der Waals surface area (Å²) in [6.07, 6.45) is 3.96. The molecule has 0 unspecified atom stereocenters. The minimum absolute atomic E-state index is 0.559. The summed E-state index contributed by atoms with van der Waals surface area (Å²) in [5.74, 6) is 1.42. The molecule has 0 saturated carbocycles. The van der Waals surface area contributed by atoms with Gasteiger partial charge in [-0.1, -0.05) is 22.0 Å². The molecule has 4 nitrogen and oxygen atoms in total. The van der Waals surface area contributed by atoms with E-state index in [1.165, 1.54) is 0 Å². The van der Waals surface area contributed by atoms with E-state index in [9.17, 15) is 0 Å². The summed E-state index contributed by atoms with van der Waals surface area (Å²) in [4.78, 5) is 0. The van der Waals surface area contributed by atoms with Crippen LogP contribution in [-0.4, -0.2) is 13.7 Å². The fourth-order valence-corrected chi connectivity index (χ4v) is 2.29. The van der Waals surface area contributed by atoms with Gasteiger partial charge in [-0.3, -0.25) is 0 Å². The Morgan fingerprint density at radius 2 is 1.86 bits per heavy atom. The molecule has 0 amide bonds. The lowest BCUT2D eigenvalue weighted by atomic mass is 10.1. The van der Waals surface area contributed by atoms with Crippen LogP contribution < -0.4 is 9.47 Å². The van der Waals surface area contributed by atoms with Crippen molar-refractivity contribution >= 4 is 33.4 Å². The van der Waals surface area contributed by atoms with Gasteiger partial charge in [-0.15, -0.1) is 0 Å². The van der Waals surface area contributed by atoms with Crippen LogP contribution in [0, 0.1) is 0 Å². The van der Waals surface area contributed by atoms with Crippen molar-refractivity contribution in [2.75, 3.05) is 13.7 Å². The first-order chi connectivity index (χ1) is 10.3. The van der Waals surface area contributed by atoms with Crippen molar-refractivity contribution in [3.05, 3.63) is 52.5 Å². The molecule has 0 saturated heterocycles. The van der Waals surface area contributed by atoms with E-state index < -0.39 is 0 Å². The third-order valence-corrected chi connectivity index (χ3v) is 3.55. The maximum atomic E-state index is 5.59. The van der Waals surface area contributed by atoms with Crippen molar-refractivity contribution in [3.63, 3.8) is 0 Å². The summed E-state index contributed by atoms with van der Waals surface area (Å²) in [6.45, 7) is 0.559. The maximum absolute atomic E-state index is 5.59. The highest BCUT2D eigenvalue weighted by molar-refractivity contribution is 9.10. The first-order valence-electron chi connectivity index (χ1n) is 6.45. The molecule has 106 valence electrons. The topological polar surface area (TPSA) is 43.2 Å². The van der Waals surface area contributed by atoms with Crippen molar-refractivity contribution in [3.8, 4) is 11.5 Å². The number of methoxy groups -OCH3 is 1. The van der Waals surface area contributed by atoms with Gasteiger partial charge < -0.3 is 9.47 Å². The van der Waals surface area contributed by atoms with E-state index in [2.05, 4.69) is 26.2 Å². The molecule has 1 heterocycles. The molecule has 0 spiro atoms. The van der Waals surface area contributed by atoms with Crippen molar-refractivity contribution < 1.29 is 9.47 Å². The maximum Gasteiger partial charge on any atom is 0.168 e. The average Bonchev–Trinajstić information content (AvgIpc) is 2.53. The van der Waals surface area contributed by atoms with E-state index in [0.717, 1.165) is 27.2 Å². The Hall–Kier alpha value is -2.14. The molecule has 1 aliphatic heterocycles. The first kappa shape index (κ1) is 13.8. The Kier molecular flexibility index (Phi) is 4.01. The number of halogens is 1. The Labute approximate surface area is 131 Å². The van der Waals surface area contributed by atoms with Crippen LogP contribution in [0.15, 0.2) is 57.2 Å². The second kappa shape index (κ2) is 6.10. The smallest absolute Gasteiger partial charge is 0.168 e. The number of hydrogen-bond acceptors (Lipinski definition) is 4. The van der Waals surface area contributed by atoms with E-state index >= 15 is 0 Å². The zero-order valence-corrected chi connectivity index (χ0v) is 13.0. The molecular weight excluding hydrogens is 332 g/mol. The number of benzene rings is 2. The molecule has 0 N–H and O–H groups in total. The second-order valence-electron chi connectivity index (χ2n) is 4.46. The molecule has 5 heteroatoms. The van der Waals surface area contributed by atoms with Gasteiger partial charge >= 0.3 is 0 Å². The summed E-state index contributed by atoms with van der Waals surface area (Å²) >= 11 is 3.39. The zero-order valence-electron chi connectivity index (χ0n) is 11.4. The molecule has 3 rings (SSSR count). The molecule has 0 bridgehead atoms. The molecule has 0 fully saturated rings. The van der Waals surface area contributed by atoms with Gasteiger partial charge in [0.1, 0.15) is 6.61 Å². The van der Waals surface area contributed by atoms with E-state index in [1.54, 1.807) is 7.11 Å². The summed E-state index contributed by atoms with van der Waals surface area (Å²) in [5, 5.41) is 8.49. The lowest BCUT2D eigenvalue weighted by molar-refractivity contribution is 0.323. The van der Waals surface area contributed by atoms with Crippen LogP contribution in [0.5, 0.6) is 11.5 Å². The minimum Gasteiger partial charge on any atom is -0.493 e. The van der Waals surface area contributed by atoms with Crippen molar-refractivity contribution in [1.29, 1.82) is 0 Å². The lowest BCUT2D eigenvalue weighted by Gasteiger charge is -2.16. The van der Waals surface area contributed by atoms with Crippen LogP contribution >= 0.6 is 15.9 Å². The van der Waals surface area contributed by atoms with Gasteiger partial charge in [-0.2, -0.15) is 10.2 Å². The number of nitrogens with zero attached hydrogens (tertiary/aromatic N) is 2. The molecule has 21 heavy (non-hydrogen) atoms. The van der Waals surface area contributed by atoms with Crippen molar-refractivity contribution in [2.45, 2.75) is 0 Å². The van der Waals surface area contributed by atoms with Gasteiger partial charge in [0, 0.05) is 16.1 Å². The quantitative estimate of drug-likeness (QED) is 0.711. The number of fused-ring (bicyclic) bond motifs is 1. The number of azo groups is 1. The van der Waals surface area contributed by atoms with Gasteiger partial charge in [-0.25, -0.2) is 0 Å². The van der Waals surface area contributed by atoms with E-state index in [-0.39, 0.29) is 0 Å². The largest absolute Gasteiger partial charge is 0.493 e. The molecule has 0 atom stereocenters. The third-order valence-electron chi connectivity index (χ3n) is 3.02. The van der Waals surface area contributed by atoms with Gasteiger partial charge in [0.2, 0.25) is 0 Å². The summed E-state index contributed by atoms with van der Waals surface area (Å²) in [5.41, 5.74) is 2.47. The number of hydrogen-bond donors (Lipinski definition) is 0. The predicted molar refractivity (Wildman–Crippen MR) is 85.8 cm³/mol. The van der Waals surface area contributed by atoms with Crippen LogP contribution in [0.3, 0.4) is 0 Å². The Balaban J connectivity index is 1.92. The van der Waals surface area contributed by atoms with Crippen LogP contribution in [0.4, 0.5) is 11.4 Å². The Bertz CT molecular complexity index is 709. The lowest BCUT2D eigenvalue weighted by Crippen LogP contribution is -2.02. The monoisotopic (exact) mass is 344 g/mol. The highest BCUT2D eigenvalue weighted by atomic mass is 79.9. The zero-order chi connectivity index (χ0) is 14.7. The van der Waals surface area contributed by atoms with Gasteiger partial charge in [0.15, 0.2) is 11.5 Å². The summed E-state index contributed by atoms with van der Waals surface area (Å²) in [7, 11) is 1.62. The normalized spacial score (nSPS) is 13.0. The van der Waals surface area contributed by atoms with Crippen LogP contribution in [0.25, 0.3) is 6.08 Å². The Morgan fingerprint density at radius 3 is 2.62 bits per heavy atom. The summed E-state index contributed by atoms with van der Waals surface area (Å²) in [6, 6.07) is 11.4. The van der Waals surface area contributed by atoms with Crippen molar-refractivity contribution in [1.82, 2.24) is 0 Å². The molecule has 0 radical (unpaired) electrons. The molecular formula is C16H13BrN2O2. The highest BCUT2D eigenvalue weighted by Crippen LogP contribution is 2.38. The predicted octanol–water partition coefficient (Wildman–Crippen LogP) is 5.28. The van der Waals surface area contributed by atoms with E-state index in [1.807, 2.05) is 48.6 Å². The second-order valence-corrected chi connectivity index (χ2v) is 5.37. The standard InChI is InChI=1S/C16H13BrN2O2/c1-20-15-10-14(9-11-3-2-8-21-16(11)15)19-18-13-6-4-12(17)5-7-13/h2-7,9-10H,8H2,1H3/b19-18+. The highest BCUT2D eigenvalue weighted by Gasteiger charge is 2.13. The SMILES string of the molecule is COc1cc(/N=N/c2ccc(Br)cc2)cc2c1OCC=C2. The van der Waals surface area contributed by atoms with Crippen LogP contribution in [0.2, 0.25) is 0 Å². The molecule has 0 aromatic heterocycles. The fourth-order valence-electron chi connectivity index (χ4n) is 2.03. The van der Waals surface area contributed by atoms with Gasteiger partial charge in [0.05, 0.1) is 18.5 Å². The molecule has 0 aliphatic carbocycles. The Morgan fingerprint density at radius 1 is 1.10 bits per heavy atom.